The van der Waals surface area contributed by atoms with E-state index in [1.807, 2.05) is 0 Å². The topological polar surface area (TPSA) is 389 Å². The van der Waals surface area contributed by atoms with Crippen LogP contribution in [0, 0.1) is 10.1 Å². The number of nitro groups is 1. The van der Waals surface area contributed by atoms with Crippen molar-refractivity contribution >= 4 is 11.6 Å². The van der Waals surface area contributed by atoms with Crippen LogP contribution in [0.15, 0.2) is 24.3 Å². The first-order chi connectivity index (χ1) is 27.0. The molecule has 4 aliphatic heterocycles. The maximum atomic E-state index is 12.3. The Bertz CT molecular complexity index is 1460. The molecule has 1 aromatic carbocycles. The van der Waals surface area contributed by atoms with E-state index in [1.54, 1.807) is 0 Å². The van der Waals surface area contributed by atoms with E-state index in [4.69, 9.17) is 37.9 Å². The lowest BCUT2D eigenvalue weighted by atomic mass is 9.94. The summed E-state index contributed by atoms with van der Waals surface area (Å²) >= 11 is 0. The van der Waals surface area contributed by atoms with Gasteiger partial charge in [0.2, 0.25) is 12.2 Å². The first-order valence-electron chi connectivity index (χ1n) is 17.7. The molecule has 0 bridgehead atoms. The number of carbonyl (C=O) groups is 1. The monoisotopic (exact) mass is 828 g/mol. The van der Waals surface area contributed by atoms with E-state index >= 15 is 0 Å². The fourth-order valence-corrected chi connectivity index (χ4v) is 6.81. The third-order valence-corrected chi connectivity index (χ3v) is 9.89. The van der Waals surface area contributed by atoms with E-state index < -0.39 is 160 Å². The minimum Gasteiger partial charge on any atom is -0.462 e. The summed E-state index contributed by atoms with van der Waals surface area (Å²) in [4.78, 5) is 22.6. The van der Waals surface area contributed by atoms with Crippen molar-refractivity contribution in [2.45, 2.75) is 130 Å². The number of non-ortho nitro benzene ring substituents is 1. The number of amides is 1. The molecule has 1 amide bonds. The summed E-state index contributed by atoms with van der Waals surface area (Å²) in [5, 5.41) is 140. The second-order valence-corrected chi connectivity index (χ2v) is 13.7. The van der Waals surface area contributed by atoms with Crippen molar-refractivity contribution in [2.75, 3.05) is 26.4 Å². The summed E-state index contributed by atoms with van der Waals surface area (Å²) < 4.78 is 45.1. The first-order valence-corrected chi connectivity index (χ1v) is 17.7. The molecule has 4 aliphatic rings. The molecule has 4 fully saturated rings. The summed E-state index contributed by atoms with van der Waals surface area (Å²) in [7, 11) is 0. The molecule has 0 spiro atoms. The van der Waals surface area contributed by atoms with Gasteiger partial charge in [-0.2, -0.15) is 0 Å². The third kappa shape index (κ3) is 9.79. The largest absolute Gasteiger partial charge is 0.462 e. The van der Waals surface area contributed by atoms with Crippen LogP contribution < -0.4 is 10.1 Å². The fourth-order valence-electron chi connectivity index (χ4n) is 6.81. The number of nitrogens with one attached hydrogen (secondary N) is 1. The van der Waals surface area contributed by atoms with E-state index in [2.05, 4.69) is 5.32 Å². The van der Waals surface area contributed by atoms with Gasteiger partial charge < -0.3 is 104 Å². The van der Waals surface area contributed by atoms with Crippen molar-refractivity contribution in [3.8, 4) is 5.75 Å². The van der Waals surface area contributed by atoms with Gasteiger partial charge in [0.25, 0.3) is 5.69 Å². The Kier molecular flexibility index (Phi) is 15.4. The quantitative estimate of drug-likeness (QED) is 0.0612. The zero-order chi connectivity index (χ0) is 41.9. The highest BCUT2D eigenvalue weighted by Gasteiger charge is 2.56. The summed E-state index contributed by atoms with van der Waals surface area (Å²) in [5.74, 6) is -0.787. The van der Waals surface area contributed by atoms with Gasteiger partial charge in [-0.1, -0.05) is 0 Å². The van der Waals surface area contributed by atoms with Gasteiger partial charge in [-0.05, 0) is 12.1 Å². The summed E-state index contributed by atoms with van der Waals surface area (Å²) in [5.41, 5.74) is -0.260. The number of carbonyl (C=O) groups excluding carboxylic acids is 1. The lowest BCUT2D eigenvalue weighted by Gasteiger charge is -2.50. The van der Waals surface area contributed by atoms with Crippen molar-refractivity contribution in [1.82, 2.24) is 5.32 Å². The van der Waals surface area contributed by atoms with Crippen LogP contribution in [0.2, 0.25) is 0 Å². The average molecular weight is 829 g/mol. The van der Waals surface area contributed by atoms with E-state index in [-0.39, 0.29) is 11.4 Å². The standard InChI is InChI=1S/C32H48N2O23/c1-10(39)33-17-20(42)26(55-31-23(45)21(43)18(40)13(6-35)51-31)15(8-37)53-29(17)57-28-19(41)14(7-36)52-32(25(28)47)56-27-16(9-38)54-30(24(46)22(27)44)50-12-4-2-11(3-5-12)34(48)49/h2-5,13-32,35-38,40-47H,6-9H2,1H3,(H,33,39). The molecule has 4 saturated heterocycles. The number of aliphatic hydroxyl groups excluding tert-OH is 12. The Morgan fingerprint density at radius 2 is 1.05 bits per heavy atom. The minimum atomic E-state index is -2.07. The van der Waals surface area contributed by atoms with Crippen LogP contribution in [0.4, 0.5) is 5.69 Å². The molecular weight excluding hydrogens is 780 g/mol. The molecule has 324 valence electrons. The number of hydrogen-bond donors (Lipinski definition) is 13. The number of rotatable bonds is 14. The lowest BCUT2D eigenvalue weighted by Crippen LogP contribution is -2.70. The minimum absolute atomic E-state index is 0.0125. The molecule has 20 unspecified atom stereocenters. The van der Waals surface area contributed by atoms with Crippen LogP contribution in [-0.2, 0) is 38.0 Å². The highest BCUT2D eigenvalue weighted by atomic mass is 16.8. The summed E-state index contributed by atoms with van der Waals surface area (Å²) in [6.45, 7) is -2.50. The Balaban J connectivity index is 1.32. The summed E-state index contributed by atoms with van der Waals surface area (Å²) in [6.07, 6.45) is -33.9. The number of nitrogens with zero attached hydrogens (tertiary/aromatic N) is 1. The first kappa shape index (κ1) is 45.2. The van der Waals surface area contributed by atoms with Crippen molar-refractivity contribution < 1.29 is 109 Å². The predicted molar refractivity (Wildman–Crippen MR) is 177 cm³/mol. The van der Waals surface area contributed by atoms with E-state index in [1.165, 1.54) is 12.1 Å². The van der Waals surface area contributed by atoms with Gasteiger partial charge in [-0.3, -0.25) is 14.9 Å². The van der Waals surface area contributed by atoms with Gasteiger partial charge in [0.1, 0.15) is 103 Å². The van der Waals surface area contributed by atoms with Crippen molar-refractivity contribution in [3.05, 3.63) is 34.4 Å². The molecule has 25 nitrogen and oxygen atoms in total. The van der Waals surface area contributed by atoms with Crippen LogP contribution in [0.5, 0.6) is 5.75 Å². The maximum absolute atomic E-state index is 12.3. The van der Waals surface area contributed by atoms with Gasteiger partial charge in [0.15, 0.2) is 18.9 Å². The number of hydrogen-bond acceptors (Lipinski definition) is 23. The van der Waals surface area contributed by atoms with Crippen LogP contribution in [-0.4, -0.2) is 221 Å². The molecule has 0 aromatic heterocycles. The predicted octanol–water partition coefficient (Wildman–Crippen LogP) is -7.61. The number of benzene rings is 1. The smallest absolute Gasteiger partial charge is 0.269 e. The van der Waals surface area contributed by atoms with Crippen LogP contribution >= 0.6 is 0 Å². The van der Waals surface area contributed by atoms with Crippen molar-refractivity contribution in [1.29, 1.82) is 0 Å². The number of aliphatic hydroxyl groups is 12. The molecule has 20 atom stereocenters. The Labute approximate surface area is 322 Å². The second-order valence-electron chi connectivity index (χ2n) is 13.7. The highest BCUT2D eigenvalue weighted by molar-refractivity contribution is 5.73. The van der Waals surface area contributed by atoms with Gasteiger partial charge in [-0.15, -0.1) is 0 Å². The zero-order valence-corrected chi connectivity index (χ0v) is 30.0. The number of nitro benzene ring substituents is 1. The molecule has 13 N–H and O–H groups in total. The molecule has 4 heterocycles. The number of ether oxygens (including phenoxy) is 8. The van der Waals surface area contributed by atoms with E-state index in [0.717, 1.165) is 19.1 Å². The second kappa shape index (κ2) is 19.5. The van der Waals surface area contributed by atoms with Crippen molar-refractivity contribution in [2.24, 2.45) is 0 Å². The van der Waals surface area contributed by atoms with Crippen LogP contribution in [0.1, 0.15) is 6.92 Å². The van der Waals surface area contributed by atoms with Gasteiger partial charge in [0.05, 0.1) is 31.4 Å². The van der Waals surface area contributed by atoms with Gasteiger partial charge in [-0.25, -0.2) is 0 Å². The normalized spacial score (nSPS) is 43.9. The highest BCUT2D eigenvalue weighted by Crippen LogP contribution is 2.35. The average Bonchev–Trinajstić information content (AvgIpc) is 3.19. The summed E-state index contributed by atoms with van der Waals surface area (Å²) in [6, 6.07) is 2.97. The molecule has 0 aliphatic carbocycles. The molecule has 25 heteroatoms. The molecule has 0 saturated carbocycles. The molecular formula is C32H48N2O23. The maximum Gasteiger partial charge on any atom is 0.269 e. The SMILES string of the molecule is CC(=O)NC1C(OC2C(O)C(CO)OC(OC3C(CO)OC(Oc4ccc([N+](=O)[O-])cc4)C(O)C3O)C2O)OC(CO)C(OC2OC(CO)C(O)C(O)C2O)C1O. The van der Waals surface area contributed by atoms with Crippen LogP contribution in [0.25, 0.3) is 0 Å². The van der Waals surface area contributed by atoms with E-state index in [9.17, 15) is 76.2 Å². The van der Waals surface area contributed by atoms with Gasteiger partial charge >= 0.3 is 0 Å². The molecule has 0 radical (unpaired) electrons. The fraction of sp³-hybridized carbons (Fsp3) is 0.781. The van der Waals surface area contributed by atoms with Crippen LogP contribution in [0.3, 0.4) is 0 Å². The lowest BCUT2D eigenvalue weighted by molar-refractivity contribution is -0.384. The van der Waals surface area contributed by atoms with E-state index in [0.29, 0.717) is 0 Å². The zero-order valence-electron chi connectivity index (χ0n) is 30.0. The van der Waals surface area contributed by atoms with Crippen molar-refractivity contribution in [3.63, 3.8) is 0 Å². The Hall–Kier alpha value is -2.87. The van der Waals surface area contributed by atoms with Gasteiger partial charge in [0, 0.05) is 19.1 Å². The molecule has 1 aromatic rings. The Morgan fingerprint density at radius 1 is 0.596 bits per heavy atom. The molecule has 57 heavy (non-hydrogen) atoms. The third-order valence-electron chi connectivity index (χ3n) is 9.89. The molecule has 5 rings (SSSR count). The Morgan fingerprint density at radius 3 is 1.58 bits per heavy atom.